The zero-order valence-electron chi connectivity index (χ0n) is 16.4. The summed E-state index contributed by atoms with van der Waals surface area (Å²) in [6.45, 7) is 0.391. The summed E-state index contributed by atoms with van der Waals surface area (Å²) in [5.74, 6) is 0.957. The molecule has 1 aliphatic rings. The Morgan fingerprint density at radius 2 is 1.70 bits per heavy atom. The van der Waals surface area contributed by atoms with E-state index in [0.717, 1.165) is 39.3 Å². The largest absolute Gasteiger partial charge is 0.457 e. The van der Waals surface area contributed by atoms with E-state index >= 15 is 0 Å². The SMILES string of the molecule is Cn1cc(-c2cncc(CNC(=O)C3c4ccccc4Oc4ccccc43)c2)cn1. The summed E-state index contributed by atoms with van der Waals surface area (Å²) in [5.41, 5.74) is 4.63. The molecule has 2 aromatic carbocycles. The number of nitrogens with one attached hydrogen (secondary N) is 1. The van der Waals surface area contributed by atoms with Gasteiger partial charge < -0.3 is 10.1 Å². The van der Waals surface area contributed by atoms with Crippen molar-refractivity contribution < 1.29 is 9.53 Å². The third-order valence-corrected chi connectivity index (χ3v) is 5.24. The van der Waals surface area contributed by atoms with Gasteiger partial charge in [0.15, 0.2) is 0 Å². The third kappa shape index (κ3) is 3.33. The number of carbonyl (C=O) groups excluding carboxylic acids is 1. The molecular formula is C24H20N4O2. The van der Waals surface area contributed by atoms with Gasteiger partial charge in [-0.1, -0.05) is 36.4 Å². The first-order valence-corrected chi connectivity index (χ1v) is 9.75. The fourth-order valence-electron chi connectivity index (χ4n) is 3.80. The minimum absolute atomic E-state index is 0.0648. The maximum Gasteiger partial charge on any atom is 0.232 e. The summed E-state index contributed by atoms with van der Waals surface area (Å²) in [6.07, 6.45) is 7.31. The van der Waals surface area contributed by atoms with Gasteiger partial charge in [0.1, 0.15) is 11.5 Å². The van der Waals surface area contributed by atoms with Gasteiger partial charge in [-0.2, -0.15) is 5.10 Å². The molecule has 6 heteroatoms. The minimum Gasteiger partial charge on any atom is -0.457 e. The van der Waals surface area contributed by atoms with Gasteiger partial charge in [0.05, 0.1) is 12.1 Å². The van der Waals surface area contributed by atoms with Gasteiger partial charge in [0.25, 0.3) is 0 Å². The van der Waals surface area contributed by atoms with Crippen molar-refractivity contribution in [1.29, 1.82) is 0 Å². The monoisotopic (exact) mass is 396 g/mol. The number of nitrogens with zero attached hydrogens (tertiary/aromatic N) is 3. The Hall–Kier alpha value is -3.93. The maximum atomic E-state index is 13.3. The standard InChI is InChI=1S/C24H20N4O2/c1-28-15-18(14-27-28)17-10-16(11-25-13-17)12-26-24(29)23-19-6-2-4-8-21(19)30-22-9-5-3-7-20(22)23/h2-11,13-15,23H,12H2,1H3,(H,26,29). The van der Waals surface area contributed by atoms with Crippen molar-refractivity contribution in [3.05, 3.63) is 96.1 Å². The Morgan fingerprint density at radius 1 is 1.00 bits per heavy atom. The lowest BCUT2D eigenvalue weighted by atomic mass is 9.87. The number of aromatic nitrogens is 3. The van der Waals surface area contributed by atoms with Crippen LogP contribution in [-0.2, 0) is 18.4 Å². The quantitative estimate of drug-likeness (QED) is 0.565. The Bertz CT molecular complexity index is 1190. The summed E-state index contributed by atoms with van der Waals surface area (Å²) in [5, 5.41) is 7.29. The molecule has 0 spiro atoms. The van der Waals surface area contributed by atoms with E-state index < -0.39 is 5.92 Å². The highest BCUT2D eigenvalue weighted by molar-refractivity contribution is 5.89. The van der Waals surface area contributed by atoms with Gasteiger partial charge in [-0.3, -0.25) is 14.5 Å². The fraction of sp³-hybridized carbons (Fsp3) is 0.125. The van der Waals surface area contributed by atoms with Crippen LogP contribution < -0.4 is 10.1 Å². The van der Waals surface area contributed by atoms with Crippen LogP contribution in [0.25, 0.3) is 11.1 Å². The number of para-hydroxylation sites is 2. The van der Waals surface area contributed by atoms with Crippen LogP contribution in [0.4, 0.5) is 0 Å². The van der Waals surface area contributed by atoms with Crippen molar-refractivity contribution in [2.45, 2.75) is 12.5 Å². The second-order valence-electron chi connectivity index (χ2n) is 7.31. The topological polar surface area (TPSA) is 69.0 Å². The van der Waals surface area contributed by atoms with Crippen LogP contribution in [0.3, 0.4) is 0 Å². The van der Waals surface area contributed by atoms with Crippen molar-refractivity contribution in [1.82, 2.24) is 20.1 Å². The molecule has 148 valence electrons. The van der Waals surface area contributed by atoms with Gasteiger partial charge in [0.2, 0.25) is 5.91 Å². The average Bonchev–Trinajstić information content (AvgIpc) is 3.22. The normalized spacial score (nSPS) is 12.6. The predicted octanol–water partition coefficient (Wildman–Crippen LogP) is 4.04. The molecule has 5 rings (SSSR count). The van der Waals surface area contributed by atoms with Crippen LogP contribution in [0.5, 0.6) is 11.5 Å². The lowest BCUT2D eigenvalue weighted by Gasteiger charge is -2.27. The van der Waals surface area contributed by atoms with Crippen LogP contribution in [0.1, 0.15) is 22.6 Å². The Kier molecular flexibility index (Phi) is 4.52. The molecule has 0 bridgehead atoms. The molecule has 1 amide bonds. The third-order valence-electron chi connectivity index (χ3n) is 5.24. The molecule has 3 heterocycles. The second kappa shape index (κ2) is 7.48. The minimum atomic E-state index is -0.416. The summed E-state index contributed by atoms with van der Waals surface area (Å²) in [7, 11) is 1.88. The van der Waals surface area contributed by atoms with Gasteiger partial charge in [-0.25, -0.2) is 0 Å². The van der Waals surface area contributed by atoms with E-state index in [-0.39, 0.29) is 5.91 Å². The summed E-state index contributed by atoms with van der Waals surface area (Å²) in [4.78, 5) is 17.6. The molecule has 1 aliphatic heterocycles. The number of hydrogen-bond acceptors (Lipinski definition) is 4. The lowest BCUT2D eigenvalue weighted by Crippen LogP contribution is -2.31. The molecule has 0 atom stereocenters. The van der Waals surface area contributed by atoms with Crippen molar-refractivity contribution in [2.75, 3.05) is 0 Å². The maximum absolute atomic E-state index is 13.3. The van der Waals surface area contributed by atoms with E-state index in [4.69, 9.17) is 4.74 Å². The summed E-state index contributed by atoms with van der Waals surface area (Å²) >= 11 is 0. The first-order valence-electron chi connectivity index (χ1n) is 9.75. The van der Waals surface area contributed by atoms with Crippen molar-refractivity contribution in [3.63, 3.8) is 0 Å². The number of pyridine rings is 1. The average molecular weight is 396 g/mol. The Balaban J connectivity index is 1.39. The fourth-order valence-corrected chi connectivity index (χ4v) is 3.80. The molecule has 30 heavy (non-hydrogen) atoms. The summed E-state index contributed by atoms with van der Waals surface area (Å²) < 4.78 is 7.74. The molecule has 0 radical (unpaired) electrons. The van der Waals surface area contributed by atoms with E-state index in [0.29, 0.717) is 6.54 Å². The number of hydrogen-bond donors (Lipinski definition) is 1. The Morgan fingerprint density at radius 3 is 2.37 bits per heavy atom. The molecule has 6 nitrogen and oxygen atoms in total. The lowest BCUT2D eigenvalue weighted by molar-refractivity contribution is -0.122. The number of aryl methyl sites for hydroxylation is 1. The number of rotatable bonds is 4. The van der Waals surface area contributed by atoms with Crippen LogP contribution in [0.2, 0.25) is 0 Å². The zero-order chi connectivity index (χ0) is 20.5. The van der Waals surface area contributed by atoms with Gasteiger partial charge in [-0.05, 0) is 23.8 Å². The van der Waals surface area contributed by atoms with Crippen LogP contribution in [0, 0.1) is 0 Å². The van der Waals surface area contributed by atoms with Crippen LogP contribution >= 0.6 is 0 Å². The number of amides is 1. The molecule has 0 unspecified atom stereocenters. The number of ether oxygens (including phenoxy) is 1. The molecule has 0 fully saturated rings. The van der Waals surface area contributed by atoms with Gasteiger partial charge >= 0.3 is 0 Å². The van der Waals surface area contributed by atoms with Gasteiger partial charge in [0, 0.05) is 54.4 Å². The van der Waals surface area contributed by atoms with E-state index in [1.165, 1.54) is 0 Å². The molecular weight excluding hydrogens is 376 g/mol. The van der Waals surface area contributed by atoms with E-state index in [9.17, 15) is 4.79 Å². The van der Waals surface area contributed by atoms with Gasteiger partial charge in [-0.15, -0.1) is 0 Å². The number of benzene rings is 2. The highest BCUT2D eigenvalue weighted by atomic mass is 16.5. The van der Waals surface area contributed by atoms with Crippen molar-refractivity contribution in [3.8, 4) is 22.6 Å². The predicted molar refractivity (Wildman–Crippen MR) is 113 cm³/mol. The molecule has 0 aliphatic carbocycles. The van der Waals surface area contributed by atoms with E-state index in [1.807, 2.05) is 67.8 Å². The van der Waals surface area contributed by atoms with Crippen LogP contribution in [0.15, 0.2) is 79.4 Å². The highest BCUT2D eigenvalue weighted by Gasteiger charge is 2.32. The molecule has 2 aromatic heterocycles. The van der Waals surface area contributed by atoms with Crippen molar-refractivity contribution in [2.24, 2.45) is 7.05 Å². The Labute approximate surface area is 174 Å². The van der Waals surface area contributed by atoms with E-state index in [1.54, 1.807) is 23.3 Å². The summed E-state index contributed by atoms with van der Waals surface area (Å²) in [6, 6.07) is 17.4. The molecule has 4 aromatic rings. The highest BCUT2D eigenvalue weighted by Crippen LogP contribution is 2.43. The van der Waals surface area contributed by atoms with Crippen molar-refractivity contribution >= 4 is 5.91 Å². The number of carbonyl (C=O) groups is 1. The van der Waals surface area contributed by atoms with E-state index in [2.05, 4.69) is 15.4 Å². The first kappa shape index (κ1) is 18.1. The molecule has 1 N–H and O–H groups in total. The second-order valence-corrected chi connectivity index (χ2v) is 7.31. The first-order chi connectivity index (χ1) is 14.7. The molecule has 0 saturated heterocycles. The molecule has 0 saturated carbocycles. The zero-order valence-corrected chi connectivity index (χ0v) is 16.4. The number of fused-ring (bicyclic) bond motifs is 2. The smallest absolute Gasteiger partial charge is 0.232 e. The van der Waals surface area contributed by atoms with Crippen LogP contribution in [-0.4, -0.2) is 20.7 Å².